The maximum Gasteiger partial charge on any atom is 0.232 e. The van der Waals surface area contributed by atoms with Gasteiger partial charge in [-0.25, -0.2) is 4.98 Å². The van der Waals surface area contributed by atoms with Crippen molar-refractivity contribution < 1.29 is 4.74 Å². The van der Waals surface area contributed by atoms with E-state index >= 15 is 0 Å². The van der Waals surface area contributed by atoms with E-state index in [0.717, 1.165) is 24.2 Å². The predicted molar refractivity (Wildman–Crippen MR) is 62.4 cm³/mol. The van der Waals surface area contributed by atoms with Gasteiger partial charge in [-0.1, -0.05) is 6.42 Å². The Morgan fingerprint density at radius 1 is 1.25 bits per heavy atom. The molecule has 0 spiro atoms. The second kappa shape index (κ2) is 4.78. The third-order valence-corrected chi connectivity index (χ3v) is 3.20. The summed E-state index contributed by atoms with van der Waals surface area (Å²) < 4.78 is 5.80. The van der Waals surface area contributed by atoms with E-state index in [4.69, 9.17) is 10.5 Å². The van der Waals surface area contributed by atoms with Crippen molar-refractivity contribution in [1.29, 1.82) is 0 Å². The second-order valence-corrected chi connectivity index (χ2v) is 4.48. The molecule has 0 aromatic carbocycles. The van der Waals surface area contributed by atoms with Crippen LogP contribution >= 0.6 is 0 Å². The molecule has 1 aliphatic rings. The molecule has 0 radical (unpaired) electrons. The molecular formula is C12H19N3O. The minimum absolute atomic E-state index is 0.102. The topological polar surface area (TPSA) is 61.0 Å². The summed E-state index contributed by atoms with van der Waals surface area (Å²) in [6.45, 7) is 3.88. The molecule has 0 saturated heterocycles. The smallest absolute Gasteiger partial charge is 0.232 e. The lowest BCUT2D eigenvalue weighted by atomic mass is 9.93. The summed E-state index contributed by atoms with van der Waals surface area (Å²) >= 11 is 0. The zero-order chi connectivity index (χ0) is 11.5. The highest BCUT2D eigenvalue weighted by atomic mass is 16.5. The largest absolute Gasteiger partial charge is 0.472 e. The first-order valence-corrected chi connectivity index (χ1v) is 5.89. The van der Waals surface area contributed by atoms with E-state index in [9.17, 15) is 0 Å². The number of nitrogens with two attached hydrogens (primary N) is 1. The number of hydrogen-bond donors (Lipinski definition) is 1. The molecule has 2 unspecified atom stereocenters. The summed E-state index contributed by atoms with van der Waals surface area (Å²) in [4.78, 5) is 8.60. The number of aromatic nitrogens is 2. The fourth-order valence-corrected chi connectivity index (χ4v) is 2.00. The van der Waals surface area contributed by atoms with Crippen LogP contribution in [0.3, 0.4) is 0 Å². The van der Waals surface area contributed by atoms with Crippen molar-refractivity contribution in [3.05, 3.63) is 17.6 Å². The molecule has 88 valence electrons. The van der Waals surface area contributed by atoms with Crippen LogP contribution in [0.4, 0.5) is 0 Å². The standard InChI is InChI=1S/C12H19N3O/c1-8-9(2)15-12(7-14-8)16-11-6-4-3-5-10(11)13/h7,10-11H,3-6,13H2,1-2H3. The van der Waals surface area contributed by atoms with Gasteiger partial charge in [0, 0.05) is 6.04 Å². The van der Waals surface area contributed by atoms with Crippen LogP contribution in [0, 0.1) is 13.8 Å². The lowest BCUT2D eigenvalue weighted by Crippen LogP contribution is -2.41. The molecule has 0 bridgehead atoms. The average molecular weight is 221 g/mol. The Kier molecular flexibility index (Phi) is 3.39. The Bertz CT molecular complexity index is 367. The van der Waals surface area contributed by atoms with Crippen LogP contribution in [-0.4, -0.2) is 22.1 Å². The summed E-state index contributed by atoms with van der Waals surface area (Å²) in [5.74, 6) is 0.602. The summed E-state index contributed by atoms with van der Waals surface area (Å²) in [5.41, 5.74) is 7.88. The van der Waals surface area contributed by atoms with Crippen molar-refractivity contribution in [3.63, 3.8) is 0 Å². The van der Waals surface area contributed by atoms with Crippen molar-refractivity contribution in [2.75, 3.05) is 0 Å². The third-order valence-electron chi connectivity index (χ3n) is 3.20. The number of ether oxygens (including phenoxy) is 1. The van der Waals surface area contributed by atoms with Gasteiger partial charge in [0.25, 0.3) is 0 Å². The summed E-state index contributed by atoms with van der Waals surface area (Å²) in [5, 5.41) is 0. The van der Waals surface area contributed by atoms with Gasteiger partial charge in [-0.15, -0.1) is 0 Å². The van der Waals surface area contributed by atoms with E-state index in [1.807, 2.05) is 13.8 Å². The van der Waals surface area contributed by atoms with Gasteiger partial charge >= 0.3 is 0 Å². The monoisotopic (exact) mass is 221 g/mol. The van der Waals surface area contributed by atoms with Crippen molar-refractivity contribution in [3.8, 4) is 5.88 Å². The van der Waals surface area contributed by atoms with Crippen LogP contribution in [-0.2, 0) is 0 Å². The van der Waals surface area contributed by atoms with Gasteiger partial charge in [0.05, 0.1) is 17.6 Å². The molecule has 1 heterocycles. The Balaban J connectivity index is 2.05. The minimum atomic E-state index is 0.102. The second-order valence-electron chi connectivity index (χ2n) is 4.48. The molecule has 4 heteroatoms. The van der Waals surface area contributed by atoms with Crippen LogP contribution in [0.5, 0.6) is 5.88 Å². The molecule has 1 fully saturated rings. The fraction of sp³-hybridized carbons (Fsp3) is 0.667. The van der Waals surface area contributed by atoms with Gasteiger partial charge in [-0.2, -0.15) is 0 Å². The molecule has 0 aliphatic heterocycles. The molecule has 1 aromatic heterocycles. The molecule has 2 N–H and O–H groups in total. The average Bonchev–Trinajstić information content (AvgIpc) is 2.27. The predicted octanol–water partition coefficient (Wildman–Crippen LogP) is 1.74. The van der Waals surface area contributed by atoms with Crippen LogP contribution in [0.15, 0.2) is 6.20 Å². The quantitative estimate of drug-likeness (QED) is 0.826. The molecule has 16 heavy (non-hydrogen) atoms. The van der Waals surface area contributed by atoms with Crippen LogP contribution in [0.25, 0.3) is 0 Å². The third kappa shape index (κ3) is 2.50. The number of nitrogens with zero attached hydrogens (tertiary/aromatic N) is 2. The number of aryl methyl sites for hydroxylation is 2. The van der Waals surface area contributed by atoms with E-state index in [1.165, 1.54) is 12.8 Å². The molecule has 1 aliphatic carbocycles. The Morgan fingerprint density at radius 3 is 2.69 bits per heavy atom. The van der Waals surface area contributed by atoms with Gasteiger partial charge in [0.2, 0.25) is 5.88 Å². The Hall–Kier alpha value is -1.16. The van der Waals surface area contributed by atoms with Crippen molar-refractivity contribution in [1.82, 2.24) is 9.97 Å². The minimum Gasteiger partial charge on any atom is -0.472 e. The Labute approximate surface area is 96.2 Å². The molecule has 1 aromatic rings. The highest BCUT2D eigenvalue weighted by Crippen LogP contribution is 2.21. The molecule has 2 rings (SSSR count). The highest BCUT2D eigenvalue weighted by molar-refractivity contribution is 5.14. The van der Waals surface area contributed by atoms with Gasteiger partial charge in [0.1, 0.15) is 6.10 Å². The highest BCUT2D eigenvalue weighted by Gasteiger charge is 2.23. The normalized spacial score (nSPS) is 25.4. The summed E-state index contributed by atoms with van der Waals surface area (Å²) in [6, 6.07) is 0.136. The maximum atomic E-state index is 6.02. The van der Waals surface area contributed by atoms with Crippen molar-refractivity contribution >= 4 is 0 Å². The molecule has 4 nitrogen and oxygen atoms in total. The summed E-state index contributed by atoms with van der Waals surface area (Å²) in [6.07, 6.45) is 6.25. The summed E-state index contributed by atoms with van der Waals surface area (Å²) in [7, 11) is 0. The van der Waals surface area contributed by atoms with E-state index in [1.54, 1.807) is 6.20 Å². The lowest BCUT2D eigenvalue weighted by molar-refractivity contribution is 0.126. The Morgan fingerprint density at radius 2 is 2.00 bits per heavy atom. The number of hydrogen-bond acceptors (Lipinski definition) is 4. The van der Waals surface area contributed by atoms with Gasteiger partial charge in [-0.3, -0.25) is 4.98 Å². The maximum absolute atomic E-state index is 6.02. The molecule has 0 amide bonds. The van der Waals surface area contributed by atoms with E-state index < -0.39 is 0 Å². The zero-order valence-electron chi connectivity index (χ0n) is 9.94. The first-order chi connectivity index (χ1) is 7.66. The van der Waals surface area contributed by atoms with Crippen LogP contribution < -0.4 is 10.5 Å². The first kappa shape index (κ1) is 11.3. The van der Waals surface area contributed by atoms with E-state index in [-0.39, 0.29) is 12.1 Å². The van der Waals surface area contributed by atoms with Gasteiger partial charge in [-0.05, 0) is 33.1 Å². The van der Waals surface area contributed by atoms with Gasteiger partial charge < -0.3 is 10.5 Å². The van der Waals surface area contributed by atoms with E-state index in [0.29, 0.717) is 5.88 Å². The van der Waals surface area contributed by atoms with Crippen molar-refractivity contribution in [2.45, 2.75) is 51.7 Å². The SMILES string of the molecule is Cc1ncc(OC2CCCCC2N)nc1C. The van der Waals surface area contributed by atoms with Crippen LogP contribution in [0.1, 0.15) is 37.1 Å². The van der Waals surface area contributed by atoms with Gasteiger partial charge in [0.15, 0.2) is 0 Å². The zero-order valence-corrected chi connectivity index (χ0v) is 9.94. The lowest BCUT2D eigenvalue weighted by Gasteiger charge is -2.28. The van der Waals surface area contributed by atoms with E-state index in [2.05, 4.69) is 9.97 Å². The van der Waals surface area contributed by atoms with Crippen molar-refractivity contribution in [2.24, 2.45) is 5.73 Å². The number of rotatable bonds is 2. The molecule has 2 atom stereocenters. The van der Waals surface area contributed by atoms with Crippen LogP contribution in [0.2, 0.25) is 0 Å². The fourth-order valence-electron chi connectivity index (χ4n) is 2.00. The first-order valence-electron chi connectivity index (χ1n) is 5.89. The molecule has 1 saturated carbocycles. The molecular weight excluding hydrogens is 202 g/mol.